The van der Waals surface area contributed by atoms with Crippen LogP contribution in [0, 0.1) is 6.92 Å². The summed E-state index contributed by atoms with van der Waals surface area (Å²) in [7, 11) is 2.16. The summed E-state index contributed by atoms with van der Waals surface area (Å²) in [4.78, 5) is 0. The van der Waals surface area contributed by atoms with Crippen molar-refractivity contribution in [1.82, 2.24) is 0 Å². The van der Waals surface area contributed by atoms with Crippen LogP contribution in [-0.4, -0.2) is 0 Å². The maximum Gasteiger partial charge on any atom is 0.213 e. The van der Waals surface area contributed by atoms with Crippen molar-refractivity contribution >= 4 is 10.9 Å². The summed E-state index contributed by atoms with van der Waals surface area (Å²) < 4.78 is 2.30. The highest BCUT2D eigenvalue weighted by Crippen LogP contribution is 2.23. The molecule has 0 saturated carbocycles. The molecular weight excluding hydrogens is 254 g/mol. The van der Waals surface area contributed by atoms with E-state index in [1.807, 2.05) is 0 Å². The highest BCUT2D eigenvalue weighted by molar-refractivity contribution is 5.78. The van der Waals surface area contributed by atoms with Gasteiger partial charge in [-0.25, -0.2) is 0 Å². The number of aromatic nitrogens is 1. The van der Waals surface area contributed by atoms with Crippen molar-refractivity contribution in [1.29, 1.82) is 0 Å². The SMILES string of the molecule is CCCc1ccc2c(ccc(-c3ccccc3C)[n+]2C)c1. The molecule has 1 aromatic heterocycles. The fourth-order valence-corrected chi connectivity index (χ4v) is 3.03. The summed E-state index contributed by atoms with van der Waals surface area (Å²) in [6.45, 7) is 4.40. The lowest BCUT2D eigenvalue weighted by Gasteiger charge is -2.07. The molecule has 0 amide bonds. The zero-order valence-corrected chi connectivity index (χ0v) is 13.1. The second-order valence-electron chi connectivity index (χ2n) is 5.74. The number of pyridine rings is 1. The Morgan fingerprint density at radius 1 is 0.952 bits per heavy atom. The topological polar surface area (TPSA) is 3.88 Å². The molecular formula is C20H22N+. The number of rotatable bonds is 3. The molecule has 2 aromatic carbocycles. The number of nitrogens with zero attached hydrogens (tertiary/aromatic N) is 1. The molecule has 0 aliphatic rings. The first kappa shape index (κ1) is 13.8. The van der Waals surface area contributed by atoms with Gasteiger partial charge in [-0.3, -0.25) is 0 Å². The summed E-state index contributed by atoms with van der Waals surface area (Å²) in [6, 6.07) is 19.9. The molecule has 3 aromatic rings. The second-order valence-corrected chi connectivity index (χ2v) is 5.74. The summed E-state index contributed by atoms with van der Waals surface area (Å²) >= 11 is 0. The Balaban J connectivity index is 2.17. The number of hydrogen-bond donors (Lipinski definition) is 0. The van der Waals surface area contributed by atoms with E-state index in [0.717, 1.165) is 6.42 Å². The molecule has 21 heavy (non-hydrogen) atoms. The molecule has 1 nitrogen and oxygen atoms in total. The van der Waals surface area contributed by atoms with Crippen molar-refractivity contribution in [3.05, 3.63) is 65.7 Å². The van der Waals surface area contributed by atoms with E-state index in [4.69, 9.17) is 0 Å². The average Bonchev–Trinajstić information content (AvgIpc) is 2.49. The van der Waals surface area contributed by atoms with E-state index in [9.17, 15) is 0 Å². The second kappa shape index (κ2) is 5.69. The lowest BCUT2D eigenvalue weighted by molar-refractivity contribution is -0.633. The maximum atomic E-state index is 2.32. The highest BCUT2D eigenvalue weighted by atomic mass is 14.9. The molecule has 0 fully saturated rings. The zero-order valence-electron chi connectivity index (χ0n) is 13.1. The van der Waals surface area contributed by atoms with Gasteiger partial charge >= 0.3 is 0 Å². The van der Waals surface area contributed by atoms with Crippen LogP contribution in [0.15, 0.2) is 54.6 Å². The molecule has 0 spiro atoms. The van der Waals surface area contributed by atoms with Crippen LogP contribution in [0.3, 0.4) is 0 Å². The van der Waals surface area contributed by atoms with Gasteiger partial charge in [0.1, 0.15) is 7.05 Å². The molecule has 0 unspecified atom stereocenters. The van der Waals surface area contributed by atoms with Gasteiger partial charge in [-0.05, 0) is 42.7 Å². The predicted molar refractivity (Wildman–Crippen MR) is 89.3 cm³/mol. The quantitative estimate of drug-likeness (QED) is 0.616. The minimum absolute atomic E-state index is 1.15. The fraction of sp³-hybridized carbons (Fsp3) is 0.250. The van der Waals surface area contributed by atoms with E-state index in [-0.39, 0.29) is 0 Å². The lowest BCUT2D eigenvalue weighted by atomic mass is 10.0. The summed E-state index contributed by atoms with van der Waals surface area (Å²) in [5, 5.41) is 1.32. The van der Waals surface area contributed by atoms with Crippen molar-refractivity contribution in [2.75, 3.05) is 0 Å². The monoisotopic (exact) mass is 276 g/mol. The first-order chi connectivity index (χ1) is 10.2. The first-order valence-corrected chi connectivity index (χ1v) is 7.68. The van der Waals surface area contributed by atoms with Gasteiger partial charge in [0.25, 0.3) is 0 Å². The van der Waals surface area contributed by atoms with Crippen LogP contribution in [0.4, 0.5) is 0 Å². The smallest absolute Gasteiger partial charge is 0.194 e. The molecule has 106 valence electrons. The normalized spacial score (nSPS) is 11.0. The molecule has 0 bridgehead atoms. The van der Waals surface area contributed by atoms with E-state index in [1.54, 1.807) is 0 Å². The molecule has 3 rings (SSSR count). The van der Waals surface area contributed by atoms with Gasteiger partial charge in [0, 0.05) is 23.1 Å². The van der Waals surface area contributed by atoms with Gasteiger partial charge in [-0.2, -0.15) is 4.57 Å². The molecule has 0 N–H and O–H groups in total. The van der Waals surface area contributed by atoms with Crippen LogP contribution in [0.5, 0.6) is 0 Å². The van der Waals surface area contributed by atoms with Gasteiger partial charge < -0.3 is 0 Å². The van der Waals surface area contributed by atoms with Crippen molar-refractivity contribution in [3.8, 4) is 11.3 Å². The van der Waals surface area contributed by atoms with Gasteiger partial charge in [0.2, 0.25) is 11.2 Å². The van der Waals surface area contributed by atoms with Crippen LogP contribution in [0.2, 0.25) is 0 Å². The van der Waals surface area contributed by atoms with E-state index < -0.39 is 0 Å². The van der Waals surface area contributed by atoms with Crippen LogP contribution >= 0.6 is 0 Å². The van der Waals surface area contributed by atoms with Crippen LogP contribution in [0.25, 0.3) is 22.2 Å². The Kier molecular flexibility index (Phi) is 3.74. The van der Waals surface area contributed by atoms with Crippen LogP contribution in [-0.2, 0) is 13.5 Å². The standard InChI is InChI=1S/C20H22N/c1-4-7-16-10-12-19-17(14-16)11-13-20(21(19)3)18-9-6-5-8-15(18)2/h5-6,8-14H,4,7H2,1-3H3/q+1. The zero-order chi connectivity index (χ0) is 14.8. The summed E-state index contributed by atoms with van der Waals surface area (Å²) in [5.74, 6) is 0. The summed E-state index contributed by atoms with van der Waals surface area (Å²) in [5.41, 5.74) is 6.60. The minimum Gasteiger partial charge on any atom is -0.194 e. The van der Waals surface area contributed by atoms with Gasteiger partial charge in [-0.1, -0.05) is 37.6 Å². The van der Waals surface area contributed by atoms with Crippen LogP contribution < -0.4 is 4.57 Å². The largest absolute Gasteiger partial charge is 0.213 e. The van der Waals surface area contributed by atoms with E-state index in [0.29, 0.717) is 0 Å². The third-order valence-corrected chi connectivity index (χ3v) is 4.20. The van der Waals surface area contributed by atoms with Crippen molar-refractivity contribution in [3.63, 3.8) is 0 Å². The molecule has 0 aliphatic heterocycles. The molecule has 0 saturated heterocycles. The Morgan fingerprint density at radius 3 is 2.52 bits per heavy atom. The first-order valence-electron chi connectivity index (χ1n) is 7.68. The van der Waals surface area contributed by atoms with E-state index >= 15 is 0 Å². The average molecular weight is 276 g/mol. The number of benzene rings is 2. The minimum atomic E-state index is 1.15. The number of hydrogen-bond acceptors (Lipinski definition) is 0. The van der Waals surface area contributed by atoms with Crippen LogP contribution in [0.1, 0.15) is 24.5 Å². The van der Waals surface area contributed by atoms with Crippen molar-refractivity contribution in [2.45, 2.75) is 26.7 Å². The maximum absolute atomic E-state index is 2.32. The number of fused-ring (bicyclic) bond motifs is 1. The molecule has 1 heterocycles. The highest BCUT2D eigenvalue weighted by Gasteiger charge is 2.15. The van der Waals surface area contributed by atoms with Gasteiger partial charge in [0.05, 0.1) is 0 Å². The number of aryl methyl sites for hydroxylation is 3. The third kappa shape index (κ3) is 2.56. The van der Waals surface area contributed by atoms with E-state index in [2.05, 4.69) is 80.1 Å². The molecule has 0 aliphatic carbocycles. The molecule has 0 radical (unpaired) electrons. The Bertz CT molecular complexity index is 787. The van der Waals surface area contributed by atoms with Crippen molar-refractivity contribution < 1.29 is 4.57 Å². The summed E-state index contributed by atoms with van der Waals surface area (Å²) in [6.07, 6.45) is 2.35. The van der Waals surface area contributed by atoms with E-state index in [1.165, 1.54) is 39.7 Å². The Labute approximate surface area is 126 Å². The van der Waals surface area contributed by atoms with Crippen molar-refractivity contribution in [2.24, 2.45) is 7.05 Å². The van der Waals surface area contributed by atoms with Gasteiger partial charge in [0.15, 0.2) is 0 Å². The molecule has 0 atom stereocenters. The third-order valence-electron chi connectivity index (χ3n) is 4.20. The Morgan fingerprint density at radius 2 is 1.76 bits per heavy atom. The Hall–Kier alpha value is -2.15. The fourth-order valence-electron chi connectivity index (χ4n) is 3.03. The molecule has 1 heteroatoms. The van der Waals surface area contributed by atoms with Gasteiger partial charge in [-0.15, -0.1) is 0 Å². The lowest BCUT2D eigenvalue weighted by Crippen LogP contribution is -2.32. The predicted octanol–water partition coefficient (Wildman–Crippen LogP) is 4.59.